The number of ether oxygens (including phenoxy) is 2. The van der Waals surface area contributed by atoms with E-state index in [1.807, 2.05) is 12.1 Å². The largest absolute Gasteiger partial charge is 0.493 e. The molecule has 0 aliphatic rings. The van der Waals surface area contributed by atoms with E-state index in [-0.39, 0.29) is 5.60 Å². The predicted molar refractivity (Wildman–Crippen MR) is 80.2 cm³/mol. The molecule has 1 rings (SSSR count). The lowest BCUT2D eigenvalue weighted by Gasteiger charge is -2.28. The molecule has 3 heteroatoms. The molecule has 0 spiro atoms. The van der Waals surface area contributed by atoms with Crippen LogP contribution in [0.3, 0.4) is 0 Å². The highest BCUT2D eigenvalue weighted by atomic mass is 16.5. The van der Waals surface area contributed by atoms with Crippen LogP contribution in [0.1, 0.15) is 39.7 Å². The number of benzene rings is 1. The van der Waals surface area contributed by atoms with Gasteiger partial charge in [0, 0.05) is 6.54 Å². The van der Waals surface area contributed by atoms with Gasteiger partial charge in [0.2, 0.25) is 0 Å². The van der Waals surface area contributed by atoms with Gasteiger partial charge in [0.05, 0.1) is 7.11 Å². The topological polar surface area (TPSA) is 30.5 Å². The Kier molecular flexibility index (Phi) is 6.16. The lowest BCUT2D eigenvalue weighted by molar-refractivity contribution is 0.104. The molecule has 1 N–H and O–H groups in total. The first-order chi connectivity index (χ1) is 9.02. The van der Waals surface area contributed by atoms with Gasteiger partial charge in [0.25, 0.3) is 0 Å². The van der Waals surface area contributed by atoms with Gasteiger partial charge in [-0.3, -0.25) is 0 Å². The molecule has 19 heavy (non-hydrogen) atoms. The van der Waals surface area contributed by atoms with Gasteiger partial charge < -0.3 is 14.8 Å². The van der Waals surface area contributed by atoms with Gasteiger partial charge in [-0.05, 0) is 50.9 Å². The number of hydrogen-bond donors (Lipinski definition) is 1. The van der Waals surface area contributed by atoms with Crippen molar-refractivity contribution in [3.05, 3.63) is 23.8 Å². The maximum Gasteiger partial charge on any atom is 0.162 e. The number of nitrogens with one attached hydrogen (secondary N) is 1. The summed E-state index contributed by atoms with van der Waals surface area (Å²) in [5, 5.41) is 3.39. The maximum atomic E-state index is 6.08. The van der Waals surface area contributed by atoms with E-state index in [4.69, 9.17) is 9.47 Å². The van der Waals surface area contributed by atoms with Crippen LogP contribution in [0.2, 0.25) is 0 Å². The third-order valence-electron chi connectivity index (χ3n) is 3.00. The molecule has 0 saturated heterocycles. The molecule has 0 bridgehead atoms. The highest BCUT2D eigenvalue weighted by Gasteiger charge is 2.21. The summed E-state index contributed by atoms with van der Waals surface area (Å²) in [6.07, 6.45) is 2.13. The van der Waals surface area contributed by atoms with Crippen LogP contribution < -0.4 is 14.8 Å². The van der Waals surface area contributed by atoms with E-state index < -0.39 is 0 Å². The van der Waals surface area contributed by atoms with Crippen LogP contribution in [-0.4, -0.2) is 25.8 Å². The normalized spacial score (nSPS) is 11.4. The van der Waals surface area contributed by atoms with Gasteiger partial charge in [0.1, 0.15) is 5.60 Å². The molecule has 1 aromatic rings. The summed E-state index contributed by atoms with van der Waals surface area (Å²) in [6, 6.07) is 6.14. The average Bonchev–Trinajstić information content (AvgIpc) is 2.39. The Hall–Kier alpha value is -1.22. The molecule has 0 atom stereocenters. The summed E-state index contributed by atoms with van der Waals surface area (Å²) >= 11 is 0. The Morgan fingerprint density at radius 1 is 1.16 bits per heavy atom. The fourth-order valence-electron chi connectivity index (χ4n) is 1.92. The number of methoxy groups -OCH3 is 1. The second-order valence-corrected chi connectivity index (χ2v) is 5.38. The zero-order chi connectivity index (χ0) is 14.3. The second-order valence-electron chi connectivity index (χ2n) is 5.38. The van der Waals surface area contributed by atoms with Crippen molar-refractivity contribution in [2.75, 3.05) is 20.2 Å². The third kappa shape index (κ3) is 5.11. The molecular weight excluding hydrogens is 238 g/mol. The highest BCUT2D eigenvalue weighted by Crippen LogP contribution is 2.31. The Morgan fingerprint density at radius 2 is 1.89 bits per heavy atom. The molecule has 108 valence electrons. The van der Waals surface area contributed by atoms with E-state index >= 15 is 0 Å². The molecule has 0 radical (unpaired) electrons. The number of aryl methyl sites for hydroxylation is 1. The van der Waals surface area contributed by atoms with Gasteiger partial charge in [0.15, 0.2) is 11.5 Å². The lowest BCUT2D eigenvalue weighted by atomic mass is 10.1. The fraction of sp³-hybridized carbons (Fsp3) is 0.625. The van der Waals surface area contributed by atoms with Crippen molar-refractivity contribution >= 4 is 0 Å². The third-order valence-corrected chi connectivity index (χ3v) is 3.00. The Morgan fingerprint density at radius 3 is 2.47 bits per heavy atom. The molecule has 0 heterocycles. The molecule has 0 aromatic heterocycles. The van der Waals surface area contributed by atoms with Crippen LogP contribution in [0.4, 0.5) is 0 Å². The monoisotopic (exact) mass is 265 g/mol. The summed E-state index contributed by atoms with van der Waals surface area (Å²) in [4.78, 5) is 0. The SMILES string of the molecule is CCCNCC(C)(C)Oc1ccc(CC)cc1OC. The van der Waals surface area contributed by atoms with Crippen LogP contribution >= 0.6 is 0 Å². The second kappa shape index (κ2) is 7.39. The molecule has 1 aromatic carbocycles. The average molecular weight is 265 g/mol. The smallest absolute Gasteiger partial charge is 0.162 e. The molecule has 0 aliphatic heterocycles. The van der Waals surface area contributed by atoms with Gasteiger partial charge in [-0.2, -0.15) is 0 Å². The fourth-order valence-corrected chi connectivity index (χ4v) is 1.92. The van der Waals surface area contributed by atoms with Gasteiger partial charge in [-0.25, -0.2) is 0 Å². The van der Waals surface area contributed by atoms with Crippen LogP contribution in [0.25, 0.3) is 0 Å². The Labute approximate surface area is 117 Å². The van der Waals surface area contributed by atoms with E-state index in [9.17, 15) is 0 Å². The van der Waals surface area contributed by atoms with Gasteiger partial charge in [-0.1, -0.05) is 19.9 Å². The minimum absolute atomic E-state index is 0.254. The van der Waals surface area contributed by atoms with E-state index in [1.165, 1.54) is 5.56 Å². The van der Waals surface area contributed by atoms with Crippen molar-refractivity contribution in [3.8, 4) is 11.5 Å². The Bertz CT molecular complexity index is 388. The van der Waals surface area contributed by atoms with Crippen molar-refractivity contribution < 1.29 is 9.47 Å². The highest BCUT2D eigenvalue weighted by molar-refractivity contribution is 5.43. The zero-order valence-electron chi connectivity index (χ0n) is 12.9. The first-order valence-corrected chi connectivity index (χ1v) is 7.09. The first-order valence-electron chi connectivity index (χ1n) is 7.09. The first kappa shape index (κ1) is 15.8. The van der Waals surface area contributed by atoms with Gasteiger partial charge in [-0.15, -0.1) is 0 Å². The molecule has 0 unspecified atom stereocenters. The van der Waals surface area contributed by atoms with E-state index in [0.717, 1.165) is 37.4 Å². The lowest BCUT2D eigenvalue weighted by Crippen LogP contribution is -2.40. The van der Waals surface area contributed by atoms with Crippen molar-refractivity contribution in [3.63, 3.8) is 0 Å². The predicted octanol–water partition coefficient (Wildman–Crippen LogP) is 3.41. The number of hydrogen-bond acceptors (Lipinski definition) is 3. The van der Waals surface area contributed by atoms with E-state index in [0.29, 0.717) is 0 Å². The van der Waals surface area contributed by atoms with Crippen molar-refractivity contribution in [2.45, 2.75) is 46.1 Å². The van der Waals surface area contributed by atoms with Crippen molar-refractivity contribution in [1.29, 1.82) is 0 Å². The molecule has 0 fully saturated rings. The summed E-state index contributed by atoms with van der Waals surface area (Å²) < 4.78 is 11.5. The number of rotatable bonds is 8. The zero-order valence-corrected chi connectivity index (χ0v) is 12.9. The van der Waals surface area contributed by atoms with Crippen molar-refractivity contribution in [1.82, 2.24) is 5.32 Å². The van der Waals surface area contributed by atoms with Crippen LogP contribution in [-0.2, 0) is 6.42 Å². The molecule has 0 aliphatic carbocycles. The van der Waals surface area contributed by atoms with Crippen LogP contribution in [0, 0.1) is 0 Å². The van der Waals surface area contributed by atoms with E-state index in [1.54, 1.807) is 7.11 Å². The summed E-state index contributed by atoms with van der Waals surface area (Å²) in [5.74, 6) is 1.62. The molecule has 3 nitrogen and oxygen atoms in total. The van der Waals surface area contributed by atoms with Crippen molar-refractivity contribution in [2.24, 2.45) is 0 Å². The molecule has 0 saturated carbocycles. The summed E-state index contributed by atoms with van der Waals surface area (Å²) in [7, 11) is 1.68. The Balaban J connectivity index is 2.74. The quantitative estimate of drug-likeness (QED) is 0.731. The standard InChI is InChI=1S/C16H27NO2/c1-6-10-17-12-16(3,4)19-14-9-8-13(7-2)11-15(14)18-5/h8-9,11,17H,6-7,10,12H2,1-5H3. The summed E-state index contributed by atoms with van der Waals surface area (Å²) in [5.41, 5.74) is 1.00. The minimum Gasteiger partial charge on any atom is -0.493 e. The molecule has 0 amide bonds. The van der Waals surface area contributed by atoms with Crippen LogP contribution in [0.15, 0.2) is 18.2 Å². The van der Waals surface area contributed by atoms with Gasteiger partial charge >= 0.3 is 0 Å². The van der Waals surface area contributed by atoms with E-state index in [2.05, 4.69) is 39.1 Å². The van der Waals surface area contributed by atoms with Crippen LogP contribution in [0.5, 0.6) is 11.5 Å². The summed E-state index contributed by atoms with van der Waals surface area (Å²) in [6.45, 7) is 10.3. The molecular formula is C16H27NO2. The minimum atomic E-state index is -0.254. The maximum absolute atomic E-state index is 6.08.